The molecule has 1 aliphatic carbocycles. The highest BCUT2D eigenvalue weighted by Crippen LogP contribution is 2.34. The molecule has 0 aromatic heterocycles. The zero-order chi connectivity index (χ0) is 14.5. The van der Waals surface area contributed by atoms with Crippen LogP contribution in [0.4, 0.5) is 0 Å². The summed E-state index contributed by atoms with van der Waals surface area (Å²) in [6, 6.07) is 5.94. The number of ether oxygens (including phenoxy) is 2. The molecule has 112 valence electrons. The van der Waals surface area contributed by atoms with Gasteiger partial charge in [-0.3, -0.25) is 0 Å². The molecule has 2 rings (SSSR count). The summed E-state index contributed by atoms with van der Waals surface area (Å²) >= 11 is 0. The monoisotopic (exact) mass is 278 g/mol. The number of hydrogen-bond donors (Lipinski definition) is 1. The first-order chi connectivity index (χ1) is 9.65. The van der Waals surface area contributed by atoms with Gasteiger partial charge in [0.25, 0.3) is 0 Å². The third kappa shape index (κ3) is 3.53. The summed E-state index contributed by atoms with van der Waals surface area (Å²) in [5.74, 6) is 1.35. The number of benzene rings is 1. The number of aliphatic hydroxyl groups is 1. The average Bonchev–Trinajstić information content (AvgIpc) is 2.46. The second-order valence-electron chi connectivity index (χ2n) is 5.81. The molecule has 0 saturated heterocycles. The van der Waals surface area contributed by atoms with Gasteiger partial charge in [0.15, 0.2) is 0 Å². The Balaban J connectivity index is 2.01. The van der Waals surface area contributed by atoms with E-state index in [0.29, 0.717) is 5.92 Å². The Hall–Kier alpha value is -1.06. The van der Waals surface area contributed by atoms with Crippen LogP contribution < -0.4 is 4.74 Å². The third-order valence-electron chi connectivity index (χ3n) is 4.10. The van der Waals surface area contributed by atoms with E-state index in [1.54, 1.807) is 7.11 Å². The van der Waals surface area contributed by atoms with Crippen molar-refractivity contribution < 1.29 is 14.6 Å². The molecule has 1 N–H and O–H groups in total. The highest BCUT2D eigenvalue weighted by molar-refractivity contribution is 5.39. The van der Waals surface area contributed by atoms with Gasteiger partial charge in [-0.15, -0.1) is 0 Å². The van der Waals surface area contributed by atoms with E-state index >= 15 is 0 Å². The van der Waals surface area contributed by atoms with E-state index in [-0.39, 0.29) is 6.10 Å². The van der Waals surface area contributed by atoms with Gasteiger partial charge in [0, 0.05) is 6.61 Å². The van der Waals surface area contributed by atoms with E-state index in [1.165, 1.54) is 18.4 Å². The summed E-state index contributed by atoms with van der Waals surface area (Å²) in [5, 5.41) is 10.5. The maximum absolute atomic E-state index is 10.5. The SMILES string of the molecule is CCCC(C)COC1CCc2ccc(OC)cc2C1O. The summed E-state index contributed by atoms with van der Waals surface area (Å²) in [6.07, 6.45) is 3.57. The van der Waals surface area contributed by atoms with Crippen LogP contribution in [0.25, 0.3) is 0 Å². The van der Waals surface area contributed by atoms with Crippen LogP contribution in [-0.4, -0.2) is 24.9 Å². The number of rotatable bonds is 6. The van der Waals surface area contributed by atoms with Gasteiger partial charge in [0.1, 0.15) is 11.9 Å². The Morgan fingerprint density at radius 3 is 2.90 bits per heavy atom. The lowest BCUT2D eigenvalue weighted by Crippen LogP contribution is -2.29. The lowest BCUT2D eigenvalue weighted by Gasteiger charge is -2.31. The molecule has 3 heteroatoms. The lowest BCUT2D eigenvalue weighted by molar-refractivity contribution is -0.0589. The highest BCUT2D eigenvalue weighted by Gasteiger charge is 2.29. The van der Waals surface area contributed by atoms with E-state index in [2.05, 4.69) is 13.8 Å². The first-order valence-electron chi connectivity index (χ1n) is 7.62. The fourth-order valence-electron chi connectivity index (χ4n) is 2.90. The van der Waals surface area contributed by atoms with Gasteiger partial charge in [0.05, 0.1) is 13.2 Å². The predicted molar refractivity (Wildman–Crippen MR) is 80.1 cm³/mol. The molecule has 0 aliphatic heterocycles. The Morgan fingerprint density at radius 2 is 2.20 bits per heavy atom. The van der Waals surface area contributed by atoms with Gasteiger partial charge in [-0.25, -0.2) is 0 Å². The average molecular weight is 278 g/mol. The van der Waals surface area contributed by atoms with Crippen LogP contribution in [-0.2, 0) is 11.2 Å². The summed E-state index contributed by atoms with van der Waals surface area (Å²) in [4.78, 5) is 0. The smallest absolute Gasteiger partial charge is 0.119 e. The third-order valence-corrected chi connectivity index (χ3v) is 4.10. The second-order valence-corrected chi connectivity index (χ2v) is 5.81. The van der Waals surface area contributed by atoms with Crippen molar-refractivity contribution in [1.82, 2.24) is 0 Å². The first-order valence-corrected chi connectivity index (χ1v) is 7.62. The molecule has 1 aliphatic rings. The van der Waals surface area contributed by atoms with Crippen LogP contribution in [0, 0.1) is 5.92 Å². The Morgan fingerprint density at radius 1 is 1.40 bits per heavy atom. The second kappa shape index (κ2) is 7.09. The quantitative estimate of drug-likeness (QED) is 0.865. The fraction of sp³-hybridized carbons (Fsp3) is 0.647. The normalized spacial score (nSPS) is 23.2. The molecule has 3 unspecified atom stereocenters. The van der Waals surface area contributed by atoms with E-state index < -0.39 is 6.10 Å². The first kappa shape index (κ1) is 15.3. The highest BCUT2D eigenvalue weighted by atomic mass is 16.5. The van der Waals surface area contributed by atoms with Crippen molar-refractivity contribution in [3.8, 4) is 5.75 Å². The molecular weight excluding hydrogens is 252 g/mol. The number of methoxy groups -OCH3 is 1. The number of hydrogen-bond acceptors (Lipinski definition) is 3. The van der Waals surface area contributed by atoms with Gasteiger partial charge in [-0.2, -0.15) is 0 Å². The van der Waals surface area contributed by atoms with Crippen LogP contribution in [0.2, 0.25) is 0 Å². The van der Waals surface area contributed by atoms with Crippen molar-refractivity contribution in [2.24, 2.45) is 5.92 Å². The minimum atomic E-state index is -0.539. The van der Waals surface area contributed by atoms with E-state index in [1.807, 2.05) is 18.2 Å². The zero-order valence-corrected chi connectivity index (χ0v) is 12.8. The van der Waals surface area contributed by atoms with Gasteiger partial charge in [0.2, 0.25) is 0 Å². The van der Waals surface area contributed by atoms with Crippen molar-refractivity contribution in [2.75, 3.05) is 13.7 Å². The van der Waals surface area contributed by atoms with Gasteiger partial charge < -0.3 is 14.6 Å². The predicted octanol–water partition coefficient (Wildman–Crippen LogP) is 3.50. The maximum atomic E-state index is 10.5. The molecule has 3 atom stereocenters. The van der Waals surface area contributed by atoms with Gasteiger partial charge >= 0.3 is 0 Å². The Kier molecular flexibility index (Phi) is 5.44. The van der Waals surface area contributed by atoms with Crippen molar-refractivity contribution in [3.05, 3.63) is 29.3 Å². The molecule has 0 radical (unpaired) electrons. The summed E-state index contributed by atoms with van der Waals surface area (Å²) < 4.78 is 11.2. The summed E-state index contributed by atoms with van der Waals surface area (Å²) in [7, 11) is 1.65. The zero-order valence-electron chi connectivity index (χ0n) is 12.8. The lowest BCUT2D eigenvalue weighted by atomic mass is 9.87. The minimum absolute atomic E-state index is 0.0890. The van der Waals surface area contributed by atoms with Crippen molar-refractivity contribution in [1.29, 1.82) is 0 Å². The Labute approximate surface area is 121 Å². The van der Waals surface area contributed by atoms with Crippen LogP contribution in [0.15, 0.2) is 18.2 Å². The molecule has 1 aromatic rings. The molecule has 0 bridgehead atoms. The topological polar surface area (TPSA) is 38.7 Å². The van der Waals surface area contributed by atoms with Crippen molar-refractivity contribution in [2.45, 2.75) is 51.7 Å². The molecule has 1 aromatic carbocycles. The van der Waals surface area contributed by atoms with E-state index in [4.69, 9.17) is 9.47 Å². The molecule has 20 heavy (non-hydrogen) atoms. The maximum Gasteiger partial charge on any atom is 0.119 e. The van der Waals surface area contributed by atoms with Gasteiger partial charge in [-0.05, 0) is 48.4 Å². The molecule has 0 saturated carbocycles. The van der Waals surface area contributed by atoms with Crippen LogP contribution in [0.5, 0.6) is 5.75 Å². The Bertz CT molecular complexity index is 430. The van der Waals surface area contributed by atoms with Crippen molar-refractivity contribution in [3.63, 3.8) is 0 Å². The fourth-order valence-corrected chi connectivity index (χ4v) is 2.90. The van der Waals surface area contributed by atoms with Crippen LogP contribution in [0.1, 0.15) is 50.3 Å². The van der Waals surface area contributed by atoms with Gasteiger partial charge in [-0.1, -0.05) is 26.3 Å². The van der Waals surface area contributed by atoms with E-state index in [0.717, 1.165) is 30.8 Å². The van der Waals surface area contributed by atoms with Crippen molar-refractivity contribution >= 4 is 0 Å². The van der Waals surface area contributed by atoms with Crippen LogP contribution in [0.3, 0.4) is 0 Å². The van der Waals surface area contributed by atoms with E-state index in [9.17, 15) is 5.11 Å². The molecule has 0 spiro atoms. The molecule has 0 amide bonds. The number of aliphatic hydroxyl groups excluding tert-OH is 1. The van der Waals surface area contributed by atoms with Crippen LogP contribution >= 0.6 is 0 Å². The molecule has 3 nitrogen and oxygen atoms in total. The minimum Gasteiger partial charge on any atom is -0.497 e. The summed E-state index contributed by atoms with van der Waals surface area (Å²) in [5.41, 5.74) is 2.17. The molecular formula is C17H26O3. The molecule has 0 fully saturated rings. The number of aryl methyl sites for hydroxylation is 1. The number of fused-ring (bicyclic) bond motifs is 1. The summed E-state index contributed by atoms with van der Waals surface area (Å²) in [6.45, 7) is 5.12. The molecule has 0 heterocycles. The largest absolute Gasteiger partial charge is 0.497 e. The standard InChI is InChI=1S/C17H26O3/c1-4-5-12(2)11-20-16-9-7-13-6-8-14(19-3)10-15(13)17(16)18/h6,8,10,12,16-18H,4-5,7,9,11H2,1-3H3.